The third-order valence-corrected chi connectivity index (χ3v) is 4.95. The van der Waals surface area contributed by atoms with Gasteiger partial charge in [0.2, 0.25) is 0 Å². The molecule has 1 aromatic rings. The molecule has 0 aromatic heterocycles. The highest BCUT2D eigenvalue weighted by atomic mass is 19.1. The zero-order chi connectivity index (χ0) is 18.7. The maximum absolute atomic E-state index is 14.9. The summed E-state index contributed by atoms with van der Waals surface area (Å²) in [6, 6.07) is 7.61. The van der Waals surface area contributed by atoms with Gasteiger partial charge < -0.3 is 5.32 Å². The van der Waals surface area contributed by atoms with E-state index in [0.717, 1.165) is 47.2 Å². The van der Waals surface area contributed by atoms with Gasteiger partial charge in [-0.3, -0.25) is 0 Å². The summed E-state index contributed by atoms with van der Waals surface area (Å²) in [6.45, 7) is 12.3. The fourth-order valence-corrected chi connectivity index (χ4v) is 3.59. The Morgan fingerprint density at radius 1 is 1.19 bits per heavy atom. The van der Waals surface area contributed by atoms with Gasteiger partial charge in [-0.15, -0.1) is 0 Å². The lowest BCUT2D eigenvalue weighted by molar-refractivity contribution is 0.545. The fraction of sp³-hybridized carbons (Fsp3) is 0.250. The first-order chi connectivity index (χ1) is 12.5. The van der Waals surface area contributed by atoms with E-state index in [9.17, 15) is 4.39 Å². The Hall–Kier alpha value is -2.61. The quantitative estimate of drug-likeness (QED) is 0.656. The van der Waals surface area contributed by atoms with Crippen molar-refractivity contribution in [3.63, 3.8) is 0 Å². The van der Waals surface area contributed by atoms with Crippen LogP contribution in [0.2, 0.25) is 0 Å². The molecular formula is C24H26FN. The molecule has 0 bridgehead atoms. The summed E-state index contributed by atoms with van der Waals surface area (Å²) in [6.07, 6.45) is 10.4. The number of halogens is 1. The van der Waals surface area contributed by atoms with E-state index in [1.807, 2.05) is 50.3 Å². The van der Waals surface area contributed by atoms with Gasteiger partial charge in [0.15, 0.2) is 0 Å². The van der Waals surface area contributed by atoms with E-state index in [-0.39, 0.29) is 5.83 Å². The molecule has 0 fully saturated rings. The predicted octanol–water partition coefficient (Wildman–Crippen LogP) is 6.33. The summed E-state index contributed by atoms with van der Waals surface area (Å²) in [5.41, 5.74) is 7.40. The van der Waals surface area contributed by atoms with Crippen LogP contribution in [0.15, 0.2) is 90.0 Å². The van der Waals surface area contributed by atoms with Gasteiger partial charge in [-0.1, -0.05) is 66.8 Å². The van der Waals surface area contributed by atoms with E-state index < -0.39 is 6.04 Å². The highest BCUT2D eigenvalue weighted by Crippen LogP contribution is 2.34. The fourth-order valence-electron chi connectivity index (χ4n) is 3.59. The van der Waals surface area contributed by atoms with Gasteiger partial charge in [0.25, 0.3) is 0 Å². The number of benzene rings is 1. The van der Waals surface area contributed by atoms with Gasteiger partial charge in [-0.2, -0.15) is 0 Å². The van der Waals surface area contributed by atoms with Gasteiger partial charge in [0.1, 0.15) is 5.83 Å². The van der Waals surface area contributed by atoms with Crippen LogP contribution in [0.4, 0.5) is 4.39 Å². The Morgan fingerprint density at radius 3 is 2.69 bits per heavy atom. The van der Waals surface area contributed by atoms with Crippen molar-refractivity contribution in [2.24, 2.45) is 0 Å². The molecule has 26 heavy (non-hydrogen) atoms. The Kier molecular flexibility index (Phi) is 5.41. The second-order valence-corrected chi connectivity index (χ2v) is 7.10. The monoisotopic (exact) mass is 347 g/mol. The minimum atomic E-state index is -0.500. The van der Waals surface area contributed by atoms with Crippen LogP contribution < -0.4 is 5.32 Å². The molecule has 1 aromatic carbocycles. The van der Waals surface area contributed by atoms with Gasteiger partial charge in [-0.05, 0) is 61.5 Å². The second kappa shape index (κ2) is 7.74. The van der Waals surface area contributed by atoms with Gasteiger partial charge in [0, 0.05) is 5.70 Å². The molecule has 1 nitrogen and oxygen atoms in total. The van der Waals surface area contributed by atoms with Crippen LogP contribution in [0.1, 0.15) is 37.3 Å². The molecule has 1 atom stereocenters. The van der Waals surface area contributed by atoms with Crippen LogP contribution in [-0.2, 0) is 0 Å². The minimum Gasteiger partial charge on any atom is -0.373 e. The Bertz CT molecular complexity index is 864. The molecule has 0 spiro atoms. The van der Waals surface area contributed by atoms with Crippen molar-refractivity contribution in [3.05, 3.63) is 101 Å². The number of rotatable bonds is 5. The SMILES string of the molecule is C=C(C)C1=C(C(=C)NC2C=CC=C(c3cccc(C)c3)C=C2F)CCC1. The van der Waals surface area contributed by atoms with E-state index >= 15 is 0 Å². The van der Waals surface area contributed by atoms with Crippen molar-refractivity contribution in [3.8, 4) is 0 Å². The van der Waals surface area contributed by atoms with Crippen LogP contribution in [0, 0.1) is 6.92 Å². The first-order valence-corrected chi connectivity index (χ1v) is 9.12. The topological polar surface area (TPSA) is 12.0 Å². The van der Waals surface area contributed by atoms with Gasteiger partial charge >= 0.3 is 0 Å². The highest BCUT2D eigenvalue weighted by molar-refractivity contribution is 5.76. The molecule has 0 amide bonds. The minimum absolute atomic E-state index is 0.205. The van der Waals surface area contributed by atoms with Gasteiger partial charge in [-0.25, -0.2) is 4.39 Å². The highest BCUT2D eigenvalue weighted by Gasteiger charge is 2.21. The molecule has 0 saturated carbocycles. The van der Waals surface area contributed by atoms with Crippen molar-refractivity contribution in [2.45, 2.75) is 39.2 Å². The molecule has 0 radical (unpaired) electrons. The summed E-state index contributed by atoms with van der Waals surface area (Å²) >= 11 is 0. The maximum Gasteiger partial charge on any atom is 0.127 e. The summed E-state index contributed by atoms with van der Waals surface area (Å²) in [4.78, 5) is 0. The molecule has 0 heterocycles. The van der Waals surface area contributed by atoms with Crippen LogP contribution in [0.3, 0.4) is 0 Å². The molecule has 134 valence electrons. The molecular weight excluding hydrogens is 321 g/mol. The second-order valence-electron chi connectivity index (χ2n) is 7.10. The van der Waals surface area contributed by atoms with E-state index in [4.69, 9.17) is 0 Å². The molecule has 0 saturated heterocycles. The average Bonchev–Trinajstić information content (AvgIpc) is 3.03. The van der Waals surface area contributed by atoms with Crippen LogP contribution >= 0.6 is 0 Å². The summed E-state index contributed by atoms with van der Waals surface area (Å²) in [5.74, 6) is -0.205. The molecule has 2 heteroatoms. The third-order valence-electron chi connectivity index (χ3n) is 4.95. The van der Waals surface area contributed by atoms with Crippen molar-refractivity contribution >= 4 is 5.57 Å². The summed E-state index contributed by atoms with van der Waals surface area (Å²) in [7, 11) is 0. The molecule has 0 aliphatic heterocycles. The summed E-state index contributed by atoms with van der Waals surface area (Å²) < 4.78 is 14.9. The Balaban J connectivity index is 1.79. The van der Waals surface area contributed by atoms with Crippen LogP contribution in [0.5, 0.6) is 0 Å². The molecule has 1 unspecified atom stereocenters. The standard InChI is InChI=1S/C24H26FN/c1-16(2)21-11-7-12-22(21)18(4)26-24-13-6-10-20(15-23(24)25)19-9-5-8-17(3)14-19/h5-6,8-10,13-15,24,26H,1,4,7,11-12H2,2-3H3. The first kappa shape index (κ1) is 18.2. The predicted molar refractivity (Wildman–Crippen MR) is 109 cm³/mol. The van der Waals surface area contributed by atoms with E-state index in [1.54, 1.807) is 6.08 Å². The number of aryl methyl sites for hydroxylation is 1. The van der Waals surface area contributed by atoms with Gasteiger partial charge in [0.05, 0.1) is 6.04 Å². The average molecular weight is 347 g/mol. The molecule has 1 N–H and O–H groups in total. The lowest BCUT2D eigenvalue weighted by atomic mass is 10.0. The van der Waals surface area contributed by atoms with Crippen molar-refractivity contribution in [1.29, 1.82) is 0 Å². The number of allylic oxidation sites excluding steroid dienone is 7. The largest absolute Gasteiger partial charge is 0.373 e. The lowest BCUT2D eigenvalue weighted by Crippen LogP contribution is -2.27. The van der Waals surface area contributed by atoms with Crippen LogP contribution in [0.25, 0.3) is 5.57 Å². The zero-order valence-electron chi connectivity index (χ0n) is 15.6. The Morgan fingerprint density at radius 2 is 1.96 bits per heavy atom. The third kappa shape index (κ3) is 3.96. The number of hydrogen-bond donors (Lipinski definition) is 1. The zero-order valence-corrected chi connectivity index (χ0v) is 15.6. The summed E-state index contributed by atoms with van der Waals surface area (Å²) in [5, 5.41) is 3.26. The molecule has 3 rings (SSSR count). The maximum atomic E-state index is 14.9. The van der Waals surface area contributed by atoms with Crippen LogP contribution in [-0.4, -0.2) is 6.04 Å². The van der Waals surface area contributed by atoms with E-state index in [2.05, 4.69) is 24.5 Å². The van der Waals surface area contributed by atoms with Crippen molar-refractivity contribution < 1.29 is 4.39 Å². The molecule has 2 aliphatic carbocycles. The Labute approximate surface area is 156 Å². The number of hydrogen-bond acceptors (Lipinski definition) is 1. The van der Waals surface area contributed by atoms with Crippen molar-refractivity contribution in [2.75, 3.05) is 0 Å². The van der Waals surface area contributed by atoms with E-state index in [0.29, 0.717) is 0 Å². The smallest absolute Gasteiger partial charge is 0.127 e. The van der Waals surface area contributed by atoms with Crippen molar-refractivity contribution in [1.82, 2.24) is 5.32 Å². The normalized spacial score (nSPS) is 19.7. The molecule has 2 aliphatic rings. The first-order valence-electron chi connectivity index (χ1n) is 9.12. The lowest BCUT2D eigenvalue weighted by Gasteiger charge is -2.19. The van der Waals surface area contributed by atoms with E-state index in [1.165, 1.54) is 11.1 Å². The number of nitrogens with one attached hydrogen (secondary N) is 1.